The average Bonchev–Trinajstić information content (AvgIpc) is 3.87. The molecule has 2 fully saturated rings. The molecular formula is C37H36N6O4. The van der Waals surface area contributed by atoms with E-state index in [2.05, 4.69) is 38.5 Å². The molecule has 3 aromatic heterocycles. The van der Waals surface area contributed by atoms with Crippen LogP contribution in [0, 0.1) is 5.92 Å². The molecule has 0 amide bonds. The lowest BCUT2D eigenvalue weighted by Crippen LogP contribution is -2.20. The summed E-state index contributed by atoms with van der Waals surface area (Å²) < 4.78 is 24.5. The fraction of sp³-hybridized carbons (Fsp3) is 0.297. The average molecular weight is 629 g/mol. The summed E-state index contributed by atoms with van der Waals surface area (Å²) in [4.78, 5) is 9.08. The lowest BCUT2D eigenvalue weighted by molar-refractivity contribution is 0.0665. The number of ether oxygens (including phenoxy) is 2. The van der Waals surface area contributed by atoms with Gasteiger partial charge in [0.15, 0.2) is 11.2 Å². The summed E-state index contributed by atoms with van der Waals surface area (Å²) in [7, 11) is 0. The van der Waals surface area contributed by atoms with E-state index < -0.39 is 0 Å². The zero-order valence-corrected chi connectivity index (χ0v) is 26.0. The Labute approximate surface area is 271 Å². The van der Waals surface area contributed by atoms with Gasteiger partial charge >= 0.3 is 0 Å². The molecule has 4 aromatic carbocycles. The van der Waals surface area contributed by atoms with Crippen molar-refractivity contribution < 1.29 is 18.3 Å². The van der Waals surface area contributed by atoms with Crippen LogP contribution in [0.25, 0.3) is 56.1 Å². The van der Waals surface area contributed by atoms with Crippen LogP contribution in [-0.4, -0.2) is 51.4 Å². The minimum atomic E-state index is 0.360. The van der Waals surface area contributed by atoms with Gasteiger partial charge in [-0.1, -0.05) is 35.5 Å². The van der Waals surface area contributed by atoms with Crippen molar-refractivity contribution in [1.29, 1.82) is 0 Å². The maximum Gasteiger partial charge on any atom is 0.227 e. The van der Waals surface area contributed by atoms with Crippen LogP contribution in [0.2, 0.25) is 0 Å². The highest BCUT2D eigenvalue weighted by atomic mass is 16.5. The highest BCUT2D eigenvalue weighted by Gasteiger charge is 2.20. The van der Waals surface area contributed by atoms with Gasteiger partial charge in [-0.05, 0) is 98.2 Å². The smallest absolute Gasteiger partial charge is 0.227 e. The number of para-hydroxylation sites is 4. The van der Waals surface area contributed by atoms with Crippen molar-refractivity contribution in [3.05, 3.63) is 90.5 Å². The van der Waals surface area contributed by atoms with E-state index in [9.17, 15) is 0 Å². The van der Waals surface area contributed by atoms with E-state index in [4.69, 9.17) is 24.0 Å². The largest absolute Gasteiger partial charge is 0.436 e. The van der Waals surface area contributed by atoms with Crippen LogP contribution >= 0.6 is 0 Å². The molecule has 2 aliphatic heterocycles. The summed E-state index contributed by atoms with van der Waals surface area (Å²) in [6.07, 6.45) is 5.21. The number of nitrogens with two attached hydrogens (primary N) is 1. The molecule has 2 N–H and O–H groups in total. The number of aromatic nitrogens is 5. The van der Waals surface area contributed by atoms with Crippen molar-refractivity contribution in [2.45, 2.75) is 38.1 Å². The normalized spacial score (nSPS) is 16.1. The number of fused-ring (bicyclic) bond motifs is 3. The summed E-state index contributed by atoms with van der Waals surface area (Å²) in [6.45, 7) is 3.30. The Hall–Kier alpha value is -5.06. The molecule has 2 saturated heterocycles. The highest BCUT2D eigenvalue weighted by Crippen LogP contribution is 2.31. The monoisotopic (exact) mass is 628 g/mol. The second kappa shape index (κ2) is 13.0. The molecule has 0 unspecified atom stereocenters. The number of hydrogen-bond acceptors (Lipinski definition) is 9. The number of nitrogen functional groups attached to an aromatic ring is 1. The van der Waals surface area contributed by atoms with Gasteiger partial charge in [-0.25, -0.2) is 14.6 Å². The third-order valence-electron chi connectivity index (χ3n) is 9.08. The zero-order chi connectivity index (χ0) is 31.6. The zero-order valence-electron chi connectivity index (χ0n) is 26.0. The van der Waals surface area contributed by atoms with Gasteiger partial charge in [0, 0.05) is 43.2 Å². The van der Waals surface area contributed by atoms with Crippen LogP contribution in [0.4, 0.5) is 5.69 Å². The molecule has 0 aliphatic carbocycles. The molecule has 0 saturated carbocycles. The van der Waals surface area contributed by atoms with Gasteiger partial charge in [0.2, 0.25) is 11.8 Å². The van der Waals surface area contributed by atoms with Gasteiger partial charge in [0.1, 0.15) is 16.6 Å². The summed E-state index contributed by atoms with van der Waals surface area (Å²) in [5, 5.41) is 8.69. The van der Waals surface area contributed by atoms with E-state index in [1.165, 1.54) is 5.56 Å². The Kier molecular flexibility index (Phi) is 8.10. The minimum Gasteiger partial charge on any atom is -0.436 e. The predicted octanol–water partition coefficient (Wildman–Crippen LogP) is 7.64. The maximum absolute atomic E-state index is 6.27. The molecule has 0 atom stereocenters. The Morgan fingerprint density at radius 2 is 1.26 bits per heavy atom. The van der Waals surface area contributed by atoms with E-state index >= 15 is 0 Å². The number of benzene rings is 4. The molecule has 0 spiro atoms. The van der Waals surface area contributed by atoms with Crippen molar-refractivity contribution in [2.75, 3.05) is 32.2 Å². The standard InChI is InChI=1S/C19H20N2O2.C18H16N4O2/c20-16-12-15(19-21-17-3-1-2-4-18(17)23-19)6-5-14(16)11-13-7-9-22-10-8-13;1-2-4-17-14(3-1)19-18(24-17)12-5-6-16-15(11-12)20-21-22(16)13-7-9-23-10-8-13/h1-6,12-13H,7-11,20H2;1-6,11,13H,7-10H2. The second-order valence-corrected chi connectivity index (χ2v) is 12.2. The summed E-state index contributed by atoms with van der Waals surface area (Å²) in [6, 6.07) is 28.1. The van der Waals surface area contributed by atoms with E-state index in [0.29, 0.717) is 23.7 Å². The van der Waals surface area contributed by atoms with Crippen LogP contribution in [0.3, 0.4) is 0 Å². The van der Waals surface area contributed by atoms with Crippen LogP contribution in [-0.2, 0) is 15.9 Å². The van der Waals surface area contributed by atoms with Gasteiger partial charge in [0.25, 0.3) is 0 Å². The van der Waals surface area contributed by atoms with Crippen LogP contribution in [0.5, 0.6) is 0 Å². The van der Waals surface area contributed by atoms with Crippen molar-refractivity contribution >= 4 is 38.9 Å². The maximum atomic E-state index is 6.27. The number of anilines is 1. The predicted molar refractivity (Wildman–Crippen MR) is 181 cm³/mol. The Morgan fingerprint density at radius 3 is 1.89 bits per heavy atom. The molecule has 5 heterocycles. The SMILES string of the molecule is Nc1cc(-c2nc3ccccc3o2)ccc1CC1CCOCC1.c1ccc2oc(-c3ccc4c(c3)nnn4C3CCOCC3)nc2c1. The Morgan fingerprint density at radius 1 is 0.660 bits per heavy atom. The van der Waals surface area contributed by atoms with Crippen molar-refractivity contribution in [2.24, 2.45) is 5.92 Å². The number of hydrogen-bond donors (Lipinski definition) is 1. The van der Waals surface area contributed by atoms with Crippen molar-refractivity contribution in [1.82, 2.24) is 25.0 Å². The molecule has 9 rings (SSSR count). The molecule has 238 valence electrons. The van der Waals surface area contributed by atoms with Gasteiger partial charge < -0.3 is 24.0 Å². The molecular weight excluding hydrogens is 592 g/mol. The van der Waals surface area contributed by atoms with Crippen LogP contribution in [0.15, 0.2) is 93.8 Å². The number of nitrogens with zero attached hydrogens (tertiary/aromatic N) is 5. The van der Waals surface area contributed by atoms with Gasteiger partial charge in [-0.2, -0.15) is 0 Å². The third kappa shape index (κ3) is 6.22. The van der Waals surface area contributed by atoms with Crippen molar-refractivity contribution in [3.8, 4) is 22.9 Å². The van der Waals surface area contributed by atoms with Crippen LogP contribution < -0.4 is 5.73 Å². The van der Waals surface area contributed by atoms with E-state index in [1.54, 1.807) is 0 Å². The van der Waals surface area contributed by atoms with Gasteiger partial charge in [-0.3, -0.25) is 0 Å². The first-order chi connectivity index (χ1) is 23.2. The molecule has 10 heteroatoms. The first-order valence-electron chi connectivity index (χ1n) is 16.3. The summed E-state index contributed by atoms with van der Waals surface area (Å²) in [5.74, 6) is 1.90. The molecule has 0 radical (unpaired) electrons. The fourth-order valence-electron chi connectivity index (χ4n) is 6.44. The molecule has 47 heavy (non-hydrogen) atoms. The van der Waals surface area contributed by atoms with Crippen molar-refractivity contribution in [3.63, 3.8) is 0 Å². The quantitative estimate of drug-likeness (QED) is 0.191. The Bertz CT molecular complexity index is 2070. The summed E-state index contributed by atoms with van der Waals surface area (Å²) >= 11 is 0. The van der Waals surface area contributed by atoms with E-state index in [1.807, 2.05) is 71.4 Å². The first-order valence-corrected chi connectivity index (χ1v) is 16.3. The Balaban J connectivity index is 0.000000138. The second-order valence-electron chi connectivity index (χ2n) is 12.2. The molecule has 2 aliphatic rings. The number of rotatable bonds is 5. The molecule has 7 aromatic rings. The fourth-order valence-corrected chi connectivity index (χ4v) is 6.44. The first kappa shape index (κ1) is 29.3. The third-order valence-corrected chi connectivity index (χ3v) is 9.08. The number of oxazole rings is 2. The molecule has 10 nitrogen and oxygen atoms in total. The molecule has 0 bridgehead atoms. The minimum absolute atomic E-state index is 0.360. The highest BCUT2D eigenvalue weighted by molar-refractivity contribution is 5.82. The lowest BCUT2D eigenvalue weighted by atomic mass is 9.91. The van der Waals surface area contributed by atoms with Gasteiger partial charge in [-0.15, -0.1) is 5.10 Å². The summed E-state index contributed by atoms with van der Waals surface area (Å²) in [5.41, 5.74) is 15.4. The topological polar surface area (TPSA) is 127 Å². The van der Waals surface area contributed by atoms with E-state index in [-0.39, 0.29) is 0 Å². The lowest BCUT2D eigenvalue weighted by Gasteiger charge is -2.22. The van der Waals surface area contributed by atoms with Gasteiger partial charge in [0.05, 0.1) is 11.6 Å². The van der Waals surface area contributed by atoms with E-state index in [0.717, 1.165) is 109 Å². The van der Waals surface area contributed by atoms with Crippen LogP contribution in [0.1, 0.15) is 37.3 Å².